The van der Waals surface area contributed by atoms with Crippen LogP contribution in [0.3, 0.4) is 0 Å². The number of aliphatic hydroxyl groups excluding tert-OH is 2. The summed E-state index contributed by atoms with van der Waals surface area (Å²) in [7, 11) is 0. The minimum atomic E-state index is 0.00197. The van der Waals surface area contributed by atoms with E-state index in [1.165, 1.54) is 69.4 Å². The highest BCUT2D eigenvalue weighted by molar-refractivity contribution is 5.47. The van der Waals surface area contributed by atoms with E-state index in [9.17, 15) is 10.2 Å². The lowest BCUT2D eigenvalue weighted by atomic mass is 9.62. The summed E-state index contributed by atoms with van der Waals surface area (Å²) in [4.78, 5) is 0. The van der Waals surface area contributed by atoms with E-state index in [4.69, 9.17) is 0 Å². The fourth-order valence-corrected chi connectivity index (χ4v) is 7.55. The molecule has 2 rings (SSSR count). The van der Waals surface area contributed by atoms with Crippen LogP contribution in [0.4, 0.5) is 0 Å². The highest BCUT2D eigenvalue weighted by atomic mass is 16.3. The Morgan fingerprint density at radius 1 is 0.673 bits per heavy atom. The fraction of sp³-hybridized carbons (Fsp3) is 0.480. The molecule has 0 heterocycles. The summed E-state index contributed by atoms with van der Waals surface area (Å²) in [6, 6.07) is 0. The predicted molar refractivity (Wildman–Crippen MR) is 230 cm³/mol. The SMILES string of the molecule is CC1=C(/C=C/C(C)=C/C=C/C(C)=C/C=C/C=C(C)/C=C/C=C(C)/C=C(\C/C=C(\C)CO)C2=C(C)CCC(C/C=C(\C)CO)C2(C)C)C(C)(C)CCC1. The van der Waals surface area contributed by atoms with Gasteiger partial charge in [0, 0.05) is 0 Å². The molecule has 0 saturated carbocycles. The topological polar surface area (TPSA) is 40.5 Å². The van der Waals surface area contributed by atoms with Gasteiger partial charge in [-0.2, -0.15) is 0 Å². The van der Waals surface area contributed by atoms with Gasteiger partial charge in [-0.25, -0.2) is 0 Å². The third-order valence-corrected chi connectivity index (χ3v) is 10.9. The first-order valence-corrected chi connectivity index (χ1v) is 19.6. The monoisotopic (exact) mass is 705 g/mol. The van der Waals surface area contributed by atoms with Crippen molar-refractivity contribution in [1.29, 1.82) is 0 Å². The summed E-state index contributed by atoms with van der Waals surface area (Å²) in [6.45, 7) is 26.9. The van der Waals surface area contributed by atoms with E-state index in [-0.39, 0.29) is 24.0 Å². The molecule has 284 valence electrons. The van der Waals surface area contributed by atoms with Crippen molar-refractivity contribution in [2.24, 2.45) is 16.7 Å². The Hall–Kier alpha value is -3.46. The van der Waals surface area contributed by atoms with Crippen molar-refractivity contribution >= 4 is 0 Å². The Balaban J connectivity index is 2.14. The molecule has 1 atom stereocenters. The molecular formula is C50H72O2. The average molecular weight is 705 g/mol. The van der Waals surface area contributed by atoms with Crippen LogP contribution in [0.15, 0.2) is 152 Å². The van der Waals surface area contributed by atoms with Crippen molar-refractivity contribution in [1.82, 2.24) is 0 Å². The van der Waals surface area contributed by atoms with Gasteiger partial charge in [0.25, 0.3) is 0 Å². The van der Waals surface area contributed by atoms with Crippen LogP contribution in [0.25, 0.3) is 0 Å². The van der Waals surface area contributed by atoms with Gasteiger partial charge in [-0.3, -0.25) is 0 Å². The molecule has 0 aromatic carbocycles. The molecule has 1 unspecified atom stereocenters. The number of hydrogen-bond acceptors (Lipinski definition) is 2. The van der Waals surface area contributed by atoms with Gasteiger partial charge in [0.05, 0.1) is 13.2 Å². The molecule has 2 aliphatic carbocycles. The smallest absolute Gasteiger partial charge is 0.0639 e. The van der Waals surface area contributed by atoms with Gasteiger partial charge in [0.2, 0.25) is 0 Å². The Morgan fingerprint density at radius 2 is 1.21 bits per heavy atom. The normalized spacial score (nSPS) is 22.0. The second kappa shape index (κ2) is 21.9. The van der Waals surface area contributed by atoms with Crippen LogP contribution in [-0.4, -0.2) is 23.4 Å². The lowest BCUT2D eigenvalue weighted by molar-refractivity contribution is 0.232. The van der Waals surface area contributed by atoms with E-state index in [0.717, 1.165) is 36.8 Å². The number of allylic oxidation sites excluding steroid dienone is 24. The van der Waals surface area contributed by atoms with Gasteiger partial charge < -0.3 is 10.2 Å². The maximum atomic E-state index is 9.71. The second-order valence-electron chi connectivity index (χ2n) is 16.6. The summed E-state index contributed by atoms with van der Waals surface area (Å²) >= 11 is 0. The maximum absolute atomic E-state index is 9.71. The zero-order valence-electron chi connectivity index (χ0n) is 35.0. The van der Waals surface area contributed by atoms with Gasteiger partial charge in [0.15, 0.2) is 0 Å². The number of rotatable bonds is 16. The molecule has 0 fully saturated rings. The van der Waals surface area contributed by atoms with Gasteiger partial charge in [-0.05, 0) is 134 Å². The minimum Gasteiger partial charge on any atom is -0.392 e. The highest BCUT2D eigenvalue weighted by Crippen LogP contribution is 2.50. The van der Waals surface area contributed by atoms with Crippen LogP contribution in [0.1, 0.15) is 128 Å². The standard InChI is InChI=1S/C50H72O2/c1-37(20-15-22-39(3)27-32-47-43(7)24-17-33-49(47,9)10)18-13-14-19-38(2)21-16-23-40(4)34-45(29-25-41(5)35-51)48-44(8)28-31-46(50(48,11)12)30-26-42(6)36-52/h13-16,18-23,25-27,32,34,46,51-52H,17,24,28-31,33,35-36H2,1-12H3/b14-13+,20-15+,21-16+,32-27+,37-18+,38-19+,39-22+,40-23+,41-25+,42-26+,45-34+. The molecule has 0 aliphatic heterocycles. The number of hydrogen-bond donors (Lipinski definition) is 2. The van der Waals surface area contributed by atoms with E-state index >= 15 is 0 Å². The Labute approximate surface area is 319 Å². The first kappa shape index (κ1) is 44.7. The molecule has 0 spiro atoms. The highest BCUT2D eigenvalue weighted by Gasteiger charge is 2.38. The van der Waals surface area contributed by atoms with E-state index in [1.807, 2.05) is 13.8 Å². The van der Waals surface area contributed by atoms with Crippen LogP contribution in [0, 0.1) is 16.7 Å². The molecule has 0 radical (unpaired) electrons. The average Bonchev–Trinajstić information content (AvgIpc) is 3.07. The third-order valence-electron chi connectivity index (χ3n) is 10.9. The van der Waals surface area contributed by atoms with E-state index in [2.05, 4.69) is 160 Å². The largest absolute Gasteiger partial charge is 0.392 e. The molecule has 2 N–H and O–H groups in total. The first-order chi connectivity index (χ1) is 24.5. The van der Waals surface area contributed by atoms with Gasteiger partial charge in [0.1, 0.15) is 0 Å². The van der Waals surface area contributed by atoms with E-state index in [1.54, 1.807) is 0 Å². The minimum absolute atomic E-state index is 0.00197. The molecule has 2 aliphatic rings. The third kappa shape index (κ3) is 14.9. The van der Waals surface area contributed by atoms with Gasteiger partial charge >= 0.3 is 0 Å². The molecule has 0 amide bonds. The van der Waals surface area contributed by atoms with Crippen molar-refractivity contribution in [3.63, 3.8) is 0 Å². The van der Waals surface area contributed by atoms with Crippen LogP contribution in [0.5, 0.6) is 0 Å². The molecule has 52 heavy (non-hydrogen) atoms. The summed E-state index contributed by atoms with van der Waals surface area (Å²) in [5, 5.41) is 19.3. The zero-order chi connectivity index (χ0) is 38.9. The molecule has 0 bridgehead atoms. The molecule has 2 nitrogen and oxygen atoms in total. The van der Waals surface area contributed by atoms with Crippen LogP contribution in [-0.2, 0) is 0 Å². The van der Waals surface area contributed by atoms with E-state index < -0.39 is 0 Å². The van der Waals surface area contributed by atoms with Crippen molar-refractivity contribution in [3.8, 4) is 0 Å². The van der Waals surface area contributed by atoms with Gasteiger partial charge in [-0.1, -0.05) is 163 Å². The molecule has 2 heteroatoms. The lowest BCUT2D eigenvalue weighted by Crippen LogP contribution is -2.31. The summed E-state index contributed by atoms with van der Waals surface area (Å²) in [5.41, 5.74) is 14.4. The first-order valence-electron chi connectivity index (χ1n) is 19.6. The molecule has 0 aromatic rings. The van der Waals surface area contributed by atoms with Crippen molar-refractivity contribution in [2.75, 3.05) is 13.2 Å². The van der Waals surface area contributed by atoms with Gasteiger partial charge in [-0.15, -0.1) is 0 Å². The predicted octanol–water partition coefficient (Wildman–Crippen LogP) is 13.9. The Morgan fingerprint density at radius 3 is 1.79 bits per heavy atom. The molecule has 0 saturated heterocycles. The maximum Gasteiger partial charge on any atom is 0.0639 e. The van der Waals surface area contributed by atoms with Crippen molar-refractivity contribution < 1.29 is 10.2 Å². The quantitative estimate of drug-likeness (QED) is 0.124. The second-order valence-corrected chi connectivity index (χ2v) is 16.6. The van der Waals surface area contributed by atoms with Crippen LogP contribution in [0.2, 0.25) is 0 Å². The zero-order valence-corrected chi connectivity index (χ0v) is 35.0. The number of aliphatic hydroxyl groups is 2. The summed E-state index contributed by atoms with van der Waals surface area (Å²) in [6.07, 6.45) is 40.6. The van der Waals surface area contributed by atoms with Crippen molar-refractivity contribution in [3.05, 3.63) is 152 Å². The Kier molecular flexibility index (Phi) is 18.8. The van der Waals surface area contributed by atoms with E-state index in [0.29, 0.717) is 5.92 Å². The molecule has 0 aromatic heterocycles. The fourth-order valence-electron chi connectivity index (χ4n) is 7.55. The van der Waals surface area contributed by atoms with Crippen LogP contribution >= 0.6 is 0 Å². The summed E-state index contributed by atoms with van der Waals surface area (Å²) in [5.74, 6) is 0.508. The lowest BCUT2D eigenvalue weighted by Gasteiger charge is -2.43. The molecular weight excluding hydrogens is 633 g/mol. The van der Waals surface area contributed by atoms with Crippen molar-refractivity contribution in [2.45, 2.75) is 128 Å². The Bertz CT molecular complexity index is 1620. The summed E-state index contributed by atoms with van der Waals surface area (Å²) < 4.78 is 0. The van der Waals surface area contributed by atoms with Crippen LogP contribution < -0.4 is 0 Å².